The highest BCUT2D eigenvalue weighted by Crippen LogP contribution is 2.33. The zero-order valence-electron chi connectivity index (χ0n) is 15.5. The zero-order valence-corrected chi connectivity index (χ0v) is 15.5. The van der Waals surface area contributed by atoms with Crippen LogP contribution in [0.1, 0.15) is 36.8 Å². The van der Waals surface area contributed by atoms with E-state index in [4.69, 9.17) is 8.94 Å². The van der Waals surface area contributed by atoms with Crippen molar-refractivity contribution in [1.29, 1.82) is 0 Å². The van der Waals surface area contributed by atoms with Gasteiger partial charge in [0.1, 0.15) is 11.3 Å². The minimum Gasteiger partial charge on any atom is -0.440 e. The predicted molar refractivity (Wildman–Crippen MR) is 99.7 cm³/mol. The van der Waals surface area contributed by atoms with Crippen molar-refractivity contribution in [2.75, 3.05) is 18.0 Å². The van der Waals surface area contributed by atoms with Crippen LogP contribution in [0.4, 0.5) is 5.82 Å². The largest absolute Gasteiger partial charge is 0.440 e. The van der Waals surface area contributed by atoms with Gasteiger partial charge in [0.25, 0.3) is 5.91 Å². The molecule has 3 aromatic rings. The van der Waals surface area contributed by atoms with E-state index in [0.717, 1.165) is 47.8 Å². The average Bonchev–Trinajstić information content (AvgIpc) is 3.39. The average molecular weight is 380 g/mol. The molecule has 2 amide bonds. The van der Waals surface area contributed by atoms with Gasteiger partial charge in [-0.1, -0.05) is 17.3 Å². The Kier molecular flexibility index (Phi) is 4.01. The second kappa shape index (κ2) is 6.56. The highest BCUT2D eigenvalue weighted by molar-refractivity contribution is 6.21. The van der Waals surface area contributed by atoms with Gasteiger partial charge in [-0.2, -0.15) is 0 Å². The fraction of sp³-hybridized carbons (Fsp3) is 0.400. The number of benzene rings is 1. The minimum atomic E-state index is -0.436. The first kappa shape index (κ1) is 17.1. The topological polar surface area (TPSA) is 92.7 Å². The number of para-hydroxylation sites is 2. The van der Waals surface area contributed by atoms with Crippen LogP contribution in [0.2, 0.25) is 0 Å². The second-order valence-corrected chi connectivity index (χ2v) is 7.41. The summed E-state index contributed by atoms with van der Waals surface area (Å²) in [6.45, 7) is 3.17. The van der Waals surface area contributed by atoms with Crippen molar-refractivity contribution in [3.05, 3.63) is 42.0 Å². The summed E-state index contributed by atoms with van der Waals surface area (Å²) in [4.78, 5) is 33.1. The molecule has 5 rings (SSSR count). The summed E-state index contributed by atoms with van der Waals surface area (Å²) in [6.07, 6.45) is 1.86. The summed E-state index contributed by atoms with van der Waals surface area (Å²) in [5, 5.41) is 3.82. The number of nitrogens with zero attached hydrogens (tertiary/aromatic N) is 4. The van der Waals surface area contributed by atoms with Crippen LogP contribution in [0.3, 0.4) is 0 Å². The van der Waals surface area contributed by atoms with Gasteiger partial charge in [-0.3, -0.25) is 14.5 Å². The first-order valence-corrected chi connectivity index (χ1v) is 9.50. The standard InChI is InChI=1S/C20H20N4O4/c1-12-10-17(22-28-12)24-18(25)11-15(20(24)26)23-8-6-13(7-9-23)19-21-14-4-2-3-5-16(14)27-19/h2-5,10,13,15H,6-9,11H2,1H3/t15-/m0/s1. The van der Waals surface area contributed by atoms with Gasteiger partial charge in [0, 0.05) is 12.0 Å². The number of hydrogen-bond acceptors (Lipinski definition) is 7. The van der Waals surface area contributed by atoms with Crippen LogP contribution in [0, 0.1) is 6.92 Å². The number of likely N-dealkylation sites (tertiary alicyclic amines) is 1. The Bertz CT molecular complexity index is 1010. The van der Waals surface area contributed by atoms with Crippen molar-refractivity contribution >= 4 is 28.7 Å². The van der Waals surface area contributed by atoms with Gasteiger partial charge in [0.15, 0.2) is 17.3 Å². The van der Waals surface area contributed by atoms with Gasteiger partial charge < -0.3 is 8.94 Å². The fourth-order valence-corrected chi connectivity index (χ4v) is 4.12. The van der Waals surface area contributed by atoms with E-state index in [1.54, 1.807) is 13.0 Å². The number of amides is 2. The van der Waals surface area contributed by atoms with Crippen LogP contribution >= 0.6 is 0 Å². The van der Waals surface area contributed by atoms with Gasteiger partial charge in [-0.25, -0.2) is 9.88 Å². The lowest BCUT2D eigenvalue weighted by Gasteiger charge is -2.33. The van der Waals surface area contributed by atoms with Gasteiger partial charge >= 0.3 is 0 Å². The molecule has 1 atom stereocenters. The Balaban J connectivity index is 1.28. The number of piperidine rings is 1. The molecule has 2 aliphatic heterocycles. The molecule has 0 N–H and O–H groups in total. The zero-order chi connectivity index (χ0) is 19.3. The Morgan fingerprint density at radius 3 is 2.64 bits per heavy atom. The summed E-state index contributed by atoms with van der Waals surface area (Å²) in [5.74, 6) is 1.37. The second-order valence-electron chi connectivity index (χ2n) is 7.41. The number of fused-ring (bicyclic) bond motifs is 1. The van der Waals surface area contributed by atoms with E-state index in [1.165, 1.54) is 0 Å². The number of carbonyl (C=O) groups is 2. The van der Waals surface area contributed by atoms with Crippen molar-refractivity contribution < 1.29 is 18.5 Å². The molecule has 2 aliphatic rings. The third kappa shape index (κ3) is 2.80. The SMILES string of the molecule is Cc1cc(N2C(=O)C[C@H](N3CCC(c4nc5ccccc5o4)CC3)C2=O)no1. The summed E-state index contributed by atoms with van der Waals surface area (Å²) in [5.41, 5.74) is 1.67. The van der Waals surface area contributed by atoms with Crippen LogP contribution in [0.5, 0.6) is 0 Å². The molecule has 0 bridgehead atoms. The van der Waals surface area contributed by atoms with Gasteiger partial charge in [-0.15, -0.1) is 0 Å². The van der Waals surface area contributed by atoms with Crippen molar-refractivity contribution in [3.8, 4) is 0 Å². The maximum absolute atomic E-state index is 12.8. The van der Waals surface area contributed by atoms with Crippen molar-refractivity contribution in [2.24, 2.45) is 0 Å². The lowest BCUT2D eigenvalue weighted by atomic mass is 9.95. The molecular weight excluding hydrogens is 360 g/mol. The molecule has 8 heteroatoms. The molecule has 0 radical (unpaired) electrons. The van der Waals surface area contributed by atoms with Crippen molar-refractivity contribution in [2.45, 2.75) is 38.1 Å². The lowest BCUT2D eigenvalue weighted by molar-refractivity contribution is -0.123. The van der Waals surface area contributed by atoms with Gasteiger partial charge in [0.05, 0.1) is 12.5 Å². The fourth-order valence-electron chi connectivity index (χ4n) is 4.12. The molecule has 1 aromatic carbocycles. The lowest BCUT2D eigenvalue weighted by Crippen LogP contribution is -2.45. The van der Waals surface area contributed by atoms with Crippen LogP contribution < -0.4 is 4.90 Å². The molecule has 8 nitrogen and oxygen atoms in total. The number of aromatic nitrogens is 2. The van der Waals surface area contributed by atoms with E-state index in [1.807, 2.05) is 24.3 Å². The molecule has 144 valence electrons. The molecule has 0 spiro atoms. The van der Waals surface area contributed by atoms with Crippen LogP contribution in [-0.2, 0) is 9.59 Å². The Hall–Kier alpha value is -3.00. The predicted octanol–water partition coefficient (Wildman–Crippen LogP) is 2.64. The number of rotatable bonds is 3. The minimum absolute atomic E-state index is 0.179. The van der Waals surface area contributed by atoms with E-state index in [0.29, 0.717) is 5.76 Å². The molecule has 2 saturated heterocycles. The number of oxazole rings is 1. The summed E-state index contributed by atoms with van der Waals surface area (Å²) < 4.78 is 10.9. The number of hydrogen-bond donors (Lipinski definition) is 0. The summed E-state index contributed by atoms with van der Waals surface area (Å²) in [6, 6.07) is 8.92. The van der Waals surface area contributed by atoms with E-state index in [2.05, 4.69) is 15.0 Å². The molecule has 2 fully saturated rings. The molecule has 28 heavy (non-hydrogen) atoms. The summed E-state index contributed by atoms with van der Waals surface area (Å²) >= 11 is 0. The quantitative estimate of drug-likeness (QED) is 0.645. The highest BCUT2D eigenvalue weighted by atomic mass is 16.5. The number of carbonyl (C=O) groups excluding carboxylic acids is 2. The number of aryl methyl sites for hydroxylation is 1. The van der Waals surface area contributed by atoms with Gasteiger partial charge in [-0.05, 0) is 45.0 Å². The van der Waals surface area contributed by atoms with Gasteiger partial charge in [0.2, 0.25) is 5.91 Å². The summed E-state index contributed by atoms with van der Waals surface area (Å²) in [7, 11) is 0. The highest BCUT2D eigenvalue weighted by Gasteiger charge is 2.44. The number of anilines is 1. The van der Waals surface area contributed by atoms with Crippen LogP contribution in [0.25, 0.3) is 11.1 Å². The Morgan fingerprint density at radius 2 is 1.93 bits per heavy atom. The third-order valence-corrected chi connectivity index (χ3v) is 5.60. The smallest absolute Gasteiger partial charge is 0.252 e. The first-order chi connectivity index (χ1) is 13.6. The van der Waals surface area contributed by atoms with Crippen LogP contribution in [-0.4, -0.2) is 46.0 Å². The molecule has 4 heterocycles. The maximum atomic E-state index is 12.8. The molecular formula is C20H20N4O4. The Morgan fingerprint density at radius 1 is 1.14 bits per heavy atom. The van der Waals surface area contributed by atoms with Crippen molar-refractivity contribution in [1.82, 2.24) is 15.0 Å². The van der Waals surface area contributed by atoms with E-state index in [-0.39, 0.29) is 30.0 Å². The molecule has 2 aromatic heterocycles. The maximum Gasteiger partial charge on any atom is 0.252 e. The van der Waals surface area contributed by atoms with Crippen molar-refractivity contribution in [3.63, 3.8) is 0 Å². The molecule has 0 unspecified atom stereocenters. The van der Waals surface area contributed by atoms with E-state index < -0.39 is 6.04 Å². The molecule has 0 saturated carbocycles. The monoisotopic (exact) mass is 380 g/mol. The van der Waals surface area contributed by atoms with E-state index >= 15 is 0 Å². The van der Waals surface area contributed by atoms with Crippen LogP contribution in [0.15, 0.2) is 39.3 Å². The molecule has 0 aliphatic carbocycles. The normalized spacial score (nSPS) is 21.9. The first-order valence-electron chi connectivity index (χ1n) is 9.50. The van der Waals surface area contributed by atoms with E-state index in [9.17, 15) is 9.59 Å². The number of imide groups is 1. The third-order valence-electron chi connectivity index (χ3n) is 5.60. The Labute approximate surface area is 161 Å².